The number of rotatable bonds is 3. The van der Waals surface area contributed by atoms with E-state index in [0.717, 1.165) is 10.4 Å². The van der Waals surface area contributed by atoms with Crippen molar-refractivity contribution < 1.29 is 17.9 Å². The zero-order valence-corrected chi connectivity index (χ0v) is 12.4. The Labute approximate surface area is 122 Å². The molecule has 3 N–H and O–H groups in total. The fraction of sp³-hybridized carbons (Fsp3) is 0.143. The zero-order chi connectivity index (χ0) is 15.8. The van der Waals surface area contributed by atoms with Gasteiger partial charge < -0.3 is 10.8 Å². The first-order chi connectivity index (χ1) is 9.73. The number of anilines is 2. The lowest BCUT2D eigenvalue weighted by molar-refractivity contribution is 0.475. The van der Waals surface area contributed by atoms with Crippen LogP contribution in [0.4, 0.5) is 15.8 Å². The predicted molar refractivity (Wildman–Crippen MR) is 79.2 cm³/mol. The lowest BCUT2D eigenvalue weighted by Gasteiger charge is -2.20. The van der Waals surface area contributed by atoms with Crippen molar-refractivity contribution in [3.8, 4) is 5.75 Å². The Kier molecular flexibility index (Phi) is 3.78. The van der Waals surface area contributed by atoms with Gasteiger partial charge in [0, 0.05) is 18.8 Å². The minimum absolute atomic E-state index is 0.0845. The standard InChI is InChI=1S/C14H15FN2O3S/c1-9-6-10(16)7-13(14(9)15)21(19,20)17(2)11-4-3-5-12(18)8-11/h3-8,18H,16H2,1-2H3. The van der Waals surface area contributed by atoms with Crippen LogP contribution in [-0.4, -0.2) is 20.6 Å². The van der Waals surface area contributed by atoms with E-state index in [1.165, 1.54) is 44.3 Å². The number of sulfonamides is 1. The Morgan fingerprint density at radius 3 is 2.52 bits per heavy atom. The number of aromatic hydroxyl groups is 1. The summed E-state index contributed by atoms with van der Waals surface area (Å²) in [6, 6.07) is 8.12. The molecule has 0 fully saturated rings. The van der Waals surface area contributed by atoms with E-state index in [0.29, 0.717) is 0 Å². The van der Waals surface area contributed by atoms with Gasteiger partial charge in [0.05, 0.1) is 5.69 Å². The third kappa shape index (κ3) is 2.78. The van der Waals surface area contributed by atoms with Crippen LogP contribution in [0.15, 0.2) is 41.3 Å². The molecule has 21 heavy (non-hydrogen) atoms. The molecule has 0 amide bonds. The van der Waals surface area contributed by atoms with Crippen LogP contribution in [0.2, 0.25) is 0 Å². The average Bonchev–Trinajstić information content (AvgIpc) is 2.41. The SMILES string of the molecule is Cc1cc(N)cc(S(=O)(=O)N(C)c2cccc(O)c2)c1F. The molecule has 2 rings (SSSR count). The maximum atomic E-state index is 14.1. The molecule has 0 saturated carbocycles. The van der Waals surface area contributed by atoms with Gasteiger partial charge in [-0.25, -0.2) is 12.8 Å². The maximum Gasteiger partial charge on any atom is 0.267 e. The first kappa shape index (κ1) is 15.1. The monoisotopic (exact) mass is 310 g/mol. The van der Waals surface area contributed by atoms with Gasteiger partial charge in [-0.15, -0.1) is 0 Å². The maximum absolute atomic E-state index is 14.1. The smallest absolute Gasteiger partial charge is 0.267 e. The van der Waals surface area contributed by atoms with Crippen molar-refractivity contribution in [1.29, 1.82) is 0 Å². The van der Waals surface area contributed by atoms with Crippen molar-refractivity contribution in [2.24, 2.45) is 0 Å². The number of hydrogen-bond donors (Lipinski definition) is 2. The summed E-state index contributed by atoms with van der Waals surface area (Å²) in [6.07, 6.45) is 0. The van der Waals surface area contributed by atoms with Gasteiger partial charge in [0.2, 0.25) is 0 Å². The zero-order valence-electron chi connectivity index (χ0n) is 11.5. The van der Waals surface area contributed by atoms with Crippen LogP contribution < -0.4 is 10.0 Å². The Bertz CT molecular complexity index is 791. The van der Waals surface area contributed by atoms with E-state index in [4.69, 9.17) is 5.73 Å². The van der Waals surface area contributed by atoms with Gasteiger partial charge in [0.25, 0.3) is 10.0 Å². The number of nitrogen functional groups attached to an aromatic ring is 1. The van der Waals surface area contributed by atoms with E-state index in [-0.39, 0.29) is 22.7 Å². The topological polar surface area (TPSA) is 83.6 Å². The molecule has 5 nitrogen and oxygen atoms in total. The fourth-order valence-corrected chi connectivity index (χ4v) is 3.29. The van der Waals surface area contributed by atoms with E-state index in [9.17, 15) is 17.9 Å². The van der Waals surface area contributed by atoms with E-state index >= 15 is 0 Å². The molecule has 112 valence electrons. The van der Waals surface area contributed by atoms with Crippen molar-refractivity contribution in [3.05, 3.63) is 47.8 Å². The lowest BCUT2D eigenvalue weighted by Crippen LogP contribution is -2.27. The Morgan fingerprint density at radius 1 is 1.24 bits per heavy atom. The van der Waals surface area contributed by atoms with Crippen molar-refractivity contribution in [3.63, 3.8) is 0 Å². The fourth-order valence-electron chi connectivity index (χ4n) is 1.93. The molecule has 0 aliphatic heterocycles. The van der Waals surface area contributed by atoms with Gasteiger partial charge in [0.1, 0.15) is 16.5 Å². The summed E-state index contributed by atoms with van der Waals surface area (Å²) in [5.74, 6) is -0.921. The van der Waals surface area contributed by atoms with Gasteiger partial charge in [0.15, 0.2) is 0 Å². The molecule has 0 atom stereocenters. The first-order valence-corrected chi connectivity index (χ1v) is 7.51. The third-order valence-electron chi connectivity index (χ3n) is 3.08. The van der Waals surface area contributed by atoms with Crippen LogP contribution in [0.1, 0.15) is 5.56 Å². The summed E-state index contributed by atoms with van der Waals surface area (Å²) in [5, 5.41) is 9.43. The highest BCUT2D eigenvalue weighted by molar-refractivity contribution is 7.92. The van der Waals surface area contributed by atoms with Crippen LogP contribution in [0.25, 0.3) is 0 Å². The lowest BCUT2D eigenvalue weighted by atomic mass is 10.2. The molecule has 0 heterocycles. The predicted octanol–water partition coefficient (Wildman–Crippen LogP) is 2.25. The normalized spacial score (nSPS) is 11.4. The molecular weight excluding hydrogens is 295 g/mol. The van der Waals surface area contributed by atoms with Crippen LogP contribution in [-0.2, 0) is 10.0 Å². The van der Waals surface area contributed by atoms with Crippen LogP contribution in [0, 0.1) is 12.7 Å². The Hall–Kier alpha value is -2.28. The van der Waals surface area contributed by atoms with Gasteiger partial charge in [-0.2, -0.15) is 0 Å². The minimum Gasteiger partial charge on any atom is -0.508 e. The van der Waals surface area contributed by atoms with Crippen LogP contribution in [0.3, 0.4) is 0 Å². The molecule has 0 saturated heterocycles. The number of halogens is 1. The van der Waals surface area contributed by atoms with E-state index in [1.54, 1.807) is 0 Å². The van der Waals surface area contributed by atoms with E-state index in [2.05, 4.69) is 0 Å². The number of nitrogens with two attached hydrogens (primary N) is 1. The first-order valence-electron chi connectivity index (χ1n) is 6.07. The van der Waals surface area contributed by atoms with Crippen LogP contribution in [0.5, 0.6) is 5.75 Å². The second-order valence-corrected chi connectivity index (χ2v) is 6.58. The number of phenols is 1. The summed E-state index contributed by atoms with van der Waals surface area (Å²) in [4.78, 5) is -0.495. The molecule has 0 aromatic heterocycles. The summed E-state index contributed by atoms with van der Waals surface area (Å²) in [7, 11) is -2.84. The second kappa shape index (κ2) is 5.25. The summed E-state index contributed by atoms with van der Waals surface area (Å²) in [5.41, 5.74) is 6.13. The number of nitrogens with zero attached hydrogens (tertiary/aromatic N) is 1. The molecule has 2 aromatic rings. The molecule has 0 aliphatic carbocycles. The van der Waals surface area contributed by atoms with Gasteiger partial charge >= 0.3 is 0 Å². The molecule has 7 heteroatoms. The van der Waals surface area contributed by atoms with E-state index in [1.807, 2.05) is 0 Å². The summed E-state index contributed by atoms with van der Waals surface area (Å²) in [6.45, 7) is 1.44. The highest BCUT2D eigenvalue weighted by Gasteiger charge is 2.26. The largest absolute Gasteiger partial charge is 0.508 e. The summed E-state index contributed by atoms with van der Waals surface area (Å²) < 4.78 is 40.1. The van der Waals surface area contributed by atoms with Gasteiger partial charge in [-0.3, -0.25) is 4.31 Å². The summed E-state index contributed by atoms with van der Waals surface area (Å²) >= 11 is 0. The number of aryl methyl sites for hydroxylation is 1. The average molecular weight is 310 g/mol. The van der Waals surface area contributed by atoms with Crippen molar-refractivity contribution >= 4 is 21.4 Å². The van der Waals surface area contributed by atoms with Crippen molar-refractivity contribution in [2.45, 2.75) is 11.8 Å². The highest BCUT2D eigenvalue weighted by Crippen LogP contribution is 2.28. The van der Waals surface area contributed by atoms with Gasteiger partial charge in [-0.1, -0.05) is 6.07 Å². The molecule has 0 aliphatic rings. The molecule has 0 bridgehead atoms. The minimum atomic E-state index is -4.12. The number of benzene rings is 2. The van der Waals surface area contributed by atoms with E-state index < -0.39 is 20.7 Å². The molecule has 0 radical (unpaired) electrons. The molecular formula is C14H15FN2O3S. The van der Waals surface area contributed by atoms with Crippen LogP contribution >= 0.6 is 0 Å². The molecule has 0 unspecified atom stereocenters. The van der Waals surface area contributed by atoms with Crippen molar-refractivity contribution in [2.75, 3.05) is 17.1 Å². The van der Waals surface area contributed by atoms with Crippen molar-refractivity contribution in [1.82, 2.24) is 0 Å². The number of hydrogen-bond acceptors (Lipinski definition) is 4. The second-order valence-electron chi connectivity index (χ2n) is 4.64. The molecule has 2 aromatic carbocycles. The Morgan fingerprint density at radius 2 is 1.90 bits per heavy atom. The van der Waals surface area contributed by atoms with Gasteiger partial charge in [-0.05, 0) is 36.8 Å². The Balaban J connectivity index is 2.57. The quantitative estimate of drug-likeness (QED) is 0.852. The third-order valence-corrected chi connectivity index (χ3v) is 4.86. The molecule has 0 spiro atoms. The number of phenolic OH excluding ortho intramolecular Hbond substituents is 1. The highest BCUT2D eigenvalue weighted by atomic mass is 32.2.